The minimum Gasteiger partial charge on any atom is -0.385 e. The fourth-order valence-corrected chi connectivity index (χ4v) is 11.0. The number of hydrogen-bond donors (Lipinski definition) is 0. The highest BCUT2D eigenvalue weighted by Gasteiger charge is 2.25. The molecule has 0 aromatic carbocycles. The Morgan fingerprint density at radius 2 is 0.699 bits per heavy atom. The third-order valence-electron chi connectivity index (χ3n) is 16.2. The van der Waals surface area contributed by atoms with Crippen molar-refractivity contribution in [3.05, 3.63) is 0 Å². The number of nitrogens with zero attached hydrogens (tertiary/aromatic N) is 4. The second kappa shape index (κ2) is 60.2. The van der Waals surface area contributed by atoms with E-state index in [0.29, 0.717) is 12.5 Å². The molecule has 0 unspecified atom stereocenters. The molecule has 7 heteroatoms. The molecule has 0 aromatic rings. The molecule has 7 nitrogen and oxygen atoms in total. The molecular formula is C66H134N4O3. The maximum atomic E-state index is 14.0. The van der Waals surface area contributed by atoms with Gasteiger partial charge in [0.2, 0.25) is 5.91 Å². The highest BCUT2D eigenvalue weighted by Crippen LogP contribution is 2.23. The van der Waals surface area contributed by atoms with Crippen LogP contribution in [0, 0.1) is 5.92 Å². The summed E-state index contributed by atoms with van der Waals surface area (Å²) in [6, 6.07) is 0. The number of carbonyl (C=O) groups is 2. The van der Waals surface area contributed by atoms with Gasteiger partial charge in [0.1, 0.15) is 6.29 Å². The van der Waals surface area contributed by atoms with Crippen LogP contribution in [0.25, 0.3) is 0 Å². The first-order chi connectivity index (χ1) is 36.0. The van der Waals surface area contributed by atoms with E-state index in [4.69, 9.17) is 4.74 Å². The summed E-state index contributed by atoms with van der Waals surface area (Å²) in [6.45, 7) is 24.3. The van der Waals surface area contributed by atoms with Crippen LogP contribution in [0.4, 0.5) is 0 Å². The molecule has 1 fully saturated rings. The molecule has 0 spiro atoms. The SMILES string of the molecule is CCCCCCCCCCCCCCN(CCCCCCCC=O)CCC1CCN(C(=O)CN(CCCCCCCCC)CCN(CCCCCCCCC)CCCCCCCCC)CC1.CCCCCOC. The number of rotatable bonds is 57. The highest BCUT2D eigenvalue weighted by atomic mass is 16.5. The standard InChI is InChI=1S/C60H120N4O2.C6H14O/c1-5-9-13-17-21-22-23-24-25-29-34-38-47-61(48-39-35-30-31-37-43-57-65)52-44-59-45-53-64(54-46-59)60(66)58-63(51-42-36-28-20-16-12-8-4)56-55-62(49-40-32-26-18-14-10-6-2)50-41-33-27-19-15-11-7-3;1-3-4-5-6-7-2/h57,59H,5-56,58H2,1-4H3;3-6H2,1-2H3. The van der Waals surface area contributed by atoms with Crippen LogP contribution < -0.4 is 0 Å². The summed E-state index contributed by atoms with van der Waals surface area (Å²) < 4.78 is 4.84. The number of hydrogen-bond acceptors (Lipinski definition) is 6. The maximum absolute atomic E-state index is 14.0. The number of piperidine rings is 1. The number of carbonyl (C=O) groups excluding carboxylic acids is 2. The molecule has 1 saturated heterocycles. The predicted octanol–water partition coefficient (Wildman–Crippen LogP) is 18.8. The Morgan fingerprint density at radius 3 is 1.05 bits per heavy atom. The van der Waals surface area contributed by atoms with Crippen molar-refractivity contribution < 1.29 is 14.3 Å². The average Bonchev–Trinajstić information content (AvgIpc) is 3.40. The van der Waals surface area contributed by atoms with Crippen molar-refractivity contribution in [3.8, 4) is 0 Å². The summed E-state index contributed by atoms with van der Waals surface area (Å²) in [7, 11) is 1.75. The predicted molar refractivity (Wildman–Crippen MR) is 323 cm³/mol. The summed E-state index contributed by atoms with van der Waals surface area (Å²) in [5, 5.41) is 0. The number of unbranched alkanes of at least 4 members (excludes halogenated alkanes) is 36. The topological polar surface area (TPSA) is 56.3 Å². The van der Waals surface area contributed by atoms with Gasteiger partial charge < -0.3 is 24.2 Å². The van der Waals surface area contributed by atoms with Crippen molar-refractivity contribution in [2.75, 3.05) is 85.7 Å². The van der Waals surface area contributed by atoms with E-state index in [2.05, 4.69) is 54.2 Å². The Bertz CT molecular complexity index is 1050. The molecule has 1 aliphatic heterocycles. The maximum Gasteiger partial charge on any atom is 0.236 e. The van der Waals surface area contributed by atoms with E-state index in [0.717, 1.165) is 64.4 Å². The number of likely N-dealkylation sites (tertiary alicyclic amines) is 1. The highest BCUT2D eigenvalue weighted by molar-refractivity contribution is 5.78. The lowest BCUT2D eigenvalue weighted by Crippen LogP contribution is -2.46. The monoisotopic (exact) mass is 1030 g/mol. The molecule has 1 amide bonds. The van der Waals surface area contributed by atoms with Gasteiger partial charge >= 0.3 is 0 Å². The van der Waals surface area contributed by atoms with Crippen LogP contribution in [-0.4, -0.2) is 118 Å². The zero-order chi connectivity index (χ0) is 53.2. The number of aldehydes is 1. The molecule has 0 aromatic heterocycles. The number of amides is 1. The van der Waals surface area contributed by atoms with Gasteiger partial charge in [-0.05, 0) is 109 Å². The van der Waals surface area contributed by atoms with Crippen LogP contribution in [0.1, 0.15) is 324 Å². The van der Waals surface area contributed by atoms with Crippen LogP contribution in [0.15, 0.2) is 0 Å². The Morgan fingerprint density at radius 1 is 0.397 bits per heavy atom. The fraction of sp³-hybridized carbons (Fsp3) is 0.970. The zero-order valence-electron chi connectivity index (χ0n) is 51.0. The quantitative estimate of drug-likeness (QED) is 0.0447. The largest absolute Gasteiger partial charge is 0.385 e. The van der Waals surface area contributed by atoms with E-state index in [1.54, 1.807) is 7.11 Å². The van der Waals surface area contributed by atoms with Gasteiger partial charge in [0.05, 0.1) is 6.54 Å². The third kappa shape index (κ3) is 51.5. The molecule has 0 saturated carbocycles. The Kier molecular flexibility index (Phi) is 59.4. The van der Waals surface area contributed by atoms with Crippen LogP contribution in [0.3, 0.4) is 0 Å². The lowest BCUT2D eigenvalue weighted by Gasteiger charge is -2.35. The second-order valence-electron chi connectivity index (χ2n) is 23.2. The van der Waals surface area contributed by atoms with Gasteiger partial charge in [0, 0.05) is 46.3 Å². The van der Waals surface area contributed by atoms with E-state index in [1.807, 2.05) is 0 Å². The molecular weight excluding hydrogens is 897 g/mol. The minimum atomic E-state index is 0.392. The van der Waals surface area contributed by atoms with Gasteiger partial charge in [-0.1, -0.05) is 253 Å². The van der Waals surface area contributed by atoms with E-state index >= 15 is 0 Å². The molecule has 0 atom stereocenters. The minimum absolute atomic E-state index is 0.392. The number of methoxy groups -OCH3 is 1. The fourth-order valence-electron chi connectivity index (χ4n) is 11.0. The zero-order valence-corrected chi connectivity index (χ0v) is 51.0. The Labute approximate surface area is 459 Å². The van der Waals surface area contributed by atoms with Crippen LogP contribution in [-0.2, 0) is 14.3 Å². The van der Waals surface area contributed by atoms with Crippen LogP contribution >= 0.6 is 0 Å². The van der Waals surface area contributed by atoms with Crippen LogP contribution in [0.2, 0.25) is 0 Å². The average molecular weight is 1030 g/mol. The lowest BCUT2D eigenvalue weighted by atomic mass is 9.93. The summed E-state index contributed by atoms with van der Waals surface area (Å²) in [4.78, 5) is 35.2. The van der Waals surface area contributed by atoms with Gasteiger partial charge in [-0.25, -0.2) is 0 Å². The molecule has 1 rings (SSSR count). The smallest absolute Gasteiger partial charge is 0.236 e. The first-order valence-electron chi connectivity index (χ1n) is 33.4. The lowest BCUT2D eigenvalue weighted by molar-refractivity contribution is -0.134. The third-order valence-corrected chi connectivity index (χ3v) is 16.2. The van der Waals surface area contributed by atoms with E-state index in [9.17, 15) is 9.59 Å². The van der Waals surface area contributed by atoms with Gasteiger partial charge in [-0.2, -0.15) is 0 Å². The normalized spacial score (nSPS) is 13.2. The van der Waals surface area contributed by atoms with Gasteiger partial charge in [0.15, 0.2) is 0 Å². The Hall–Kier alpha value is -1.02. The van der Waals surface area contributed by atoms with Crippen molar-refractivity contribution in [1.29, 1.82) is 0 Å². The van der Waals surface area contributed by atoms with Crippen molar-refractivity contribution in [3.63, 3.8) is 0 Å². The number of ether oxygens (including phenoxy) is 1. The van der Waals surface area contributed by atoms with Gasteiger partial charge in [-0.15, -0.1) is 0 Å². The van der Waals surface area contributed by atoms with Crippen LogP contribution in [0.5, 0.6) is 0 Å². The molecule has 436 valence electrons. The van der Waals surface area contributed by atoms with E-state index < -0.39 is 0 Å². The summed E-state index contributed by atoms with van der Waals surface area (Å²) in [6.07, 6.45) is 60.8. The van der Waals surface area contributed by atoms with E-state index in [1.165, 1.54) is 309 Å². The molecule has 1 heterocycles. The second-order valence-corrected chi connectivity index (χ2v) is 23.2. The van der Waals surface area contributed by atoms with E-state index in [-0.39, 0.29) is 0 Å². The molecule has 0 radical (unpaired) electrons. The molecule has 1 aliphatic rings. The first-order valence-corrected chi connectivity index (χ1v) is 33.4. The van der Waals surface area contributed by atoms with Gasteiger partial charge in [0.25, 0.3) is 0 Å². The summed E-state index contributed by atoms with van der Waals surface area (Å²) >= 11 is 0. The Balaban J connectivity index is 0.00000685. The van der Waals surface area contributed by atoms with Crippen molar-refractivity contribution in [1.82, 2.24) is 19.6 Å². The van der Waals surface area contributed by atoms with Gasteiger partial charge in [-0.3, -0.25) is 9.69 Å². The molecule has 0 N–H and O–H groups in total. The van der Waals surface area contributed by atoms with Crippen molar-refractivity contribution >= 4 is 12.2 Å². The summed E-state index contributed by atoms with van der Waals surface area (Å²) in [5.41, 5.74) is 0. The first kappa shape index (κ1) is 72.0. The summed E-state index contributed by atoms with van der Waals surface area (Å²) in [5.74, 6) is 1.14. The molecule has 73 heavy (non-hydrogen) atoms. The molecule has 0 bridgehead atoms. The van der Waals surface area contributed by atoms with Crippen molar-refractivity contribution in [2.24, 2.45) is 5.92 Å². The van der Waals surface area contributed by atoms with Crippen molar-refractivity contribution in [2.45, 2.75) is 324 Å². The molecule has 0 aliphatic carbocycles.